The monoisotopic (exact) mass is 626 g/mol. The Morgan fingerprint density at radius 3 is 2.64 bits per heavy atom. The maximum Gasteiger partial charge on any atom is 0.472 e. The molecule has 7 heterocycles. The highest BCUT2D eigenvalue weighted by Gasteiger charge is 2.52. The maximum atomic E-state index is 13.1. The van der Waals surface area contributed by atoms with Crippen LogP contribution >= 0.6 is 19.6 Å². The first-order valence-corrected chi connectivity index (χ1v) is 14.8. The molecule has 20 nitrogen and oxygen atoms in total. The van der Waals surface area contributed by atoms with Crippen LogP contribution in [-0.2, 0) is 27.8 Å². The molecule has 0 spiro atoms. The van der Waals surface area contributed by atoms with E-state index < -0.39 is 74.3 Å². The fourth-order valence-electron chi connectivity index (χ4n) is 5.11. The predicted octanol–water partition coefficient (Wildman–Crippen LogP) is -1.81. The van der Waals surface area contributed by atoms with Crippen LogP contribution in [0.1, 0.15) is 11.6 Å². The van der Waals surface area contributed by atoms with Gasteiger partial charge in [-0.2, -0.15) is 4.98 Å². The van der Waals surface area contributed by atoms with Crippen LogP contribution in [-0.4, -0.2) is 104 Å². The Morgan fingerprint density at radius 2 is 1.81 bits per heavy atom. The van der Waals surface area contributed by atoms with E-state index in [0.29, 0.717) is 0 Å². The standard InChI is InChI=1S/C20H23N10O10PS/c21-13-7-14(24-2-23-13)29(3-25-7)17-9(31)11-6(39-17)1-38-41(34,35)40-12-10(32)19(37-5-36-11)42-18(12)30-4-26-8-15(30)27-20(22)28-16(8)33/h2-4,6,9-12,17-19,31-32H,1,5H2,(H,34,35)(H2,21,23,24)(H3,22,27,28,33). The van der Waals surface area contributed by atoms with Gasteiger partial charge in [-0.25, -0.2) is 24.5 Å². The molecule has 3 fully saturated rings. The number of nitrogens with two attached hydrogens (primary N) is 2. The summed E-state index contributed by atoms with van der Waals surface area (Å²) in [5, 5.41) is 21.2. The molecule has 3 aliphatic rings. The number of ether oxygens (including phenoxy) is 3. The molecule has 0 radical (unpaired) electrons. The minimum Gasteiger partial charge on any atom is -0.387 e. The third kappa shape index (κ3) is 4.54. The number of nitrogen functional groups attached to an aromatic ring is 2. The molecule has 0 aliphatic carbocycles. The predicted molar refractivity (Wildman–Crippen MR) is 140 cm³/mol. The molecule has 0 saturated carbocycles. The van der Waals surface area contributed by atoms with E-state index >= 15 is 0 Å². The summed E-state index contributed by atoms with van der Waals surface area (Å²) in [4.78, 5) is 45.6. The van der Waals surface area contributed by atoms with E-state index in [4.69, 9.17) is 34.7 Å². The van der Waals surface area contributed by atoms with Gasteiger partial charge in [0.05, 0.1) is 19.3 Å². The third-order valence-corrected chi connectivity index (χ3v) is 9.46. The number of phosphoric ester groups is 1. The van der Waals surface area contributed by atoms with Crippen LogP contribution < -0.4 is 17.0 Å². The number of phosphoric acid groups is 1. The number of aromatic amines is 1. The number of anilines is 2. The number of nitrogens with zero attached hydrogens (tertiary/aromatic N) is 7. The Bertz CT molecular complexity index is 1770. The van der Waals surface area contributed by atoms with E-state index in [1.54, 1.807) is 0 Å². The lowest BCUT2D eigenvalue weighted by Gasteiger charge is -2.27. The zero-order chi connectivity index (χ0) is 29.3. The maximum absolute atomic E-state index is 13.1. The van der Waals surface area contributed by atoms with E-state index in [1.807, 2.05) is 0 Å². The number of hydrogen-bond donors (Lipinski definition) is 6. The summed E-state index contributed by atoms with van der Waals surface area (Å²) in [5.74, 6) is -0.0511. The first-order valence-electron chi connectivity index (χ1n) is 12.3. The summed E-state index contributed by atoms with van der Waals surface area (Å²) < 4.78 is 44.2. The summed E-state index contributed by atoms with van der Waals surface area (Å²) in [5.41, 5.74) is 10.5. The van der Waals surface area contributed by atoms with Crippen LogP contribution in [0, 0.1) is 0 Å². The normalized spacial score (nSPS) is 35.7. The van der Waals surface area contributed by atoms with Crippen LogP contribution in [0.3, 0.4) is 0 Å². The zero-order valence-corrected chi connectivity index (χ0v) is 22.8. The van der Waals surface area contributed by atoms with E-state index in [-0.39, 0.29) is 34.1 Å². The molecule has 42 heavy (non-hydrogen) atoms. The molecule has 0 aromatic carbocycles. The van der Waals surface area contributed by atoms with Gasteiger partial charge in [-0.3, -0.25) is 28.0 Å². The lowest BCUT2D eigenvalue weighted by molar-refractivity contribution is -0.158. The van der Waals surface area contributed by atoms with Crippen molar-refractivity contribution in [3.05, 3.63) is 29.3 Å². The quantitative estimate of drug-likeness (QED) is 0.134. The highest BCUT2D eigenvalue weighted by atomic mass is 32.2. The Morgan fingerprint density at radius 1 is 1.02 bits per heavy atom. The lowest BCUT2D eigenvalue weighted by atomic mass is 10.1. The van der Waals surface area contributed by atoms with Crippen molar-refractivity contribution in [3.63, 3.8) is 0 Å². The minimum atomic E-state index is -4.88. The zero-order valence-electron chi connectivity index (χ0n) is 21.1. The van der Waals surface area contributed by atoms with Crippen LogP contribution in [0.4, 0.5) is 11.8 Å². The van der Waals surface area contributed by atoms with Gasteiger partial charge in [0, 0.05) is 0 Å². The number of aliphatic hydroxyl groups is 2. The Hall–Kier alpha value is -3.24. The molecule has 22 heteroatoms. The van der Waals surface area contributed by atoms with Crippen LogP contribution in [0.5, 0.6) is 0 Å². The van der Waals surface area contributed by atoms with Crippen molar-refractivity contribution < 1.29 is 42.9 Å². The molecule has 4 aromatic heterocycles. The van der Waals surface area contributed by atoms with Gasteiger partial charge in [0.15, 0.2) is 28.9 Å². The SMILES string of the molecule is Nc1nc2c(ncn2C2SC3OCOC4C(COP(=O)(O)OC2C3O)OC(n2cnc3c(N)ncnc32)C4O)c(=O)[nH]1. The summed E-state index contributed by atoms with van der Waals surface area (Å²) >= 11 is 0.993. The van der Waals surface area contributed by atoms with Crippen molar-refractivity contribution >= 4 is 53.7 Å². The van der Waals surface area contributed by atoms with Crippen molar-refractivity contribution in [2.75, 3.05) is 24.9 Å². The van der Waals surface area contributed by atoms with Crippen LogP contribution in [0.15, 0.2) is 23.8 Å². The van der Waals surface area contributed by atoms with E-state index in [2.05, 4.69) is 29.9 Å². The summed E-state index contributed by atoms with van der Waals surface area (Å²) in [6.07, 6.45) is -3.63. The van der Waals surface area contributed by atoms with Crippen molar-refractivity contribution in [2.24, 2.45) is 0 Å². The van der Waals surface area contributed by atoms with Crippen molar-refractivity contribution in [1.82, 2.24) is 39.0 Å². The molecule has 4 aromatic rings. The van der Waals surface area contributed by atoms with E-state index in [9.17, 15) is 24.5 Å². The Balaban J connectivity index is 1.17. The van der Waals surface area contributed by atoms with Gasteiger partial charge in [-0.15, -0.1) is 0 Å². The van der Waals surface area contributed by atoms with Crippen LogP contribution in [0.2, 0.25) is 0 Å². The molecule has 8 N–H and O–H groups in total. The van der Waals surface area contributed by atoms with Crippen molar-refractivity contribution in [2.45, 2.75) is 47.6 Å². The average Bonchev–Trinajstić information content (AvgIpc) is 3.69. The number of aromatic nitrogens is 8. The van der Waals surface area contributed by atoms with Crippen molar-refractivity contribution in [3.8, 4) is 0 Å². The smallest absolute Gasteiger partial charge is 0.387 e. The lowest BCUT2D eigenvalue weighted by Crippen LogP contribution is -2.40. The second kappa shape index (κ2) is 10.2. The van der Waals surface area contributed by atoms with Gasteiger partial charge >= 0.3 is 7.82 Å². The molecule has 9 atom stereocenters. The number of imidazole rings is 2. The fraction of sp³-hybridized carbons (Fsp3) is 0.500. The number of H-pyrrole nitrogens is 1. The highest BCUT2D eigenvalue weighted by Crippen LogP contribution is 2.54. The van der Waals surface area contributed by atoms with Gasteiger partial charge in [-0.05, 0) is 0 Å². The molecule has 3 saturated heterocycles. The van der Waals surface area contributed by atoms with Crippen molar-refractivity contribution in [1.29, 1.82) is 0 Å². The largest absolute Gasteiger partial charge is 0.472 e. The second-order valence-corrected chi connectivity index (χ2v) is 12.2. The molecular formula is C20H23N10O10PS. The minimum absolute atomic E-state index is 0.0413. The Labute approximate surface area is 237 Å². The molecule has 0 amide bonds. The first kappa shape index (κ1) is 27.6. The van der Waals surface area contributed by atoms with E-state index in [0.717, 1.165) is 11.8 Å². The average molecular weight is 627 g/mol. The van der Waals surface area contributed by atoms with Gasteiger partial charge < -0.3 is 40.8 Å². The molecule has 3 aliphatic heterocycles. The number of nitrogens with one attached hydrogen (secondary N) is 1. The van der Waals surface area contributed by atoms with Gasteiger partial charge in [0.25, 0.3) is 5.56 Å². The Kier molecular flexibility index (Phi) is 6.69. The fourth-order valence-corrected chi connectivity index (χ4v) is 7.51. The van der Waals surface area contributed by atoms with Crippen LogP contribution in [0.25, 0.3) is 22.3 Å². The summed E-state index contributed by atoms with van der Waals surface area (Å²) in [7, 11) is -4.88. The summed E-state index contributed by atoms with van der Waals surface area (Å²) in [6, 6.07) is 0. The molecule has 9 unspecified atom stereocenters. The summed E-state index contributed by atoms with van der Waals surface area (Å²) in [6.45, 7) is -0.976. The third-order valence-electron chi connectivity index (χ3n) is 7.02. The molecule has 7 rings (SSSR count). The number of aliphatic hydroxyl groups excluding tert-OH is 2. The van der Waals surface area contributed by atoms with E-state index in [1.165, 1.54) is 28.1 Å². The second-order valence-electron chi connectivity index (χ2n) is 9.55. The topological polar surface area (TPSA) is 283 Å². The van der Waals surface area contributed by atoms with Gasteiger partial charge in [0.1, 0.15) is 60.0 Å². The number of thioether (sulfide) groups is 1. The number of rotatable bonds is 2. The molecule has 224 valence electrons. The van der Waals surface area contributed by atoms with Gasteiger partial charge in [0.2, 0.25) is 5.95 Å². The number of hydrogen-bond acceptors (Lipinski definition) is 17. The molecular weight excluding hydrogens is 603 g/mol. The van der Waals surface area contributed by atoms with Gasteiger partial charge in [-0.1, -0.05) is 11.8 Å². The highest BCUT2D eigenvalue weighted by molar-refractivity contribution is 8.00. The molecule has 2 bridgehead atoms. The first-order chi connectivity index (χ1) is 20.1. The number of fused-ring (bicyclic) bond motifs is 5.